The number of piperazine rings is 1. The maximum atomic E-state index is 5.44. The molecule has 2 heterocycles. The summed E-state index contributed by atoms with van der Waals surface area (Å²) in [6.45, 7) is 3.58. The molecule has 2 aromatic rings. The number of hydrogen-bond donors (Lipinski definition) is 0. The zero-order chi connectivity index (χ0) is 15.4. The molecule has 0 amide bonds. The minimum atomic E-state index is 0.677. The molecule has 0 N–H and O–H groups in total. The first-order chi connectivity index (χ1) is 10.8. The number of benzene rings is 1. The molecule has 0 spiro atoms. The Balaban J connectivity index is 1.67. The lowest BCUT2D eigenvalue weighted by Gasteiger charge is -2.36. The van der Waals surface area contributed by atoms with Crippen LogP contribution < -0.4 is 19.3 Å². The Kier molecular flexibility index (Phi) is 4.27. The smallest absolute Gasteiger partial charge is 0.225 e. The highest BCUT2D eigenvalue weighted by molar-refractivity contribution is 5.59. The molecule has 6 nitrogen and oxygen atoms in total. The summed E-state index contributed by atoms with van der Waals surface area (Å²) in [5.41, 5.74) is 1.14. The van der Waals surface area contributed by atoms with Crippen LogP contribution >= 0.6 is 0 Å². The van der Waals surface area contributed by atoms with Crippen molar-refractivity contribution in [3.8, 4) is 11.5 Å². The predicted octanol–water partition coefficient (Wildman–Crippen LogP) is 1.82. The van der Waals surface area contributed by atoms with Gasteiger partial charge in [0.2, 0.25) is 5.95 Å². The topological polar surface area (TPSA) is 50.7 Å². The maximum absolute atomic E-state index is 5.44. The average Bonchev–Trinajstić information content (AvgIpc) is 2.62. The van der Waals surface area contributed by atoms with Crippen LogP contribution in [0.15, 0.2) is 36.7 Å². The first kappa shape index (κ1) is 14.4. The standard InChI is InChI=1S/C16H20N4O2/c1-21-13-11-17-16(18-12-13)20-9-7-19(8-10-20)14-5-3-4-6-15(14)22-2/h3-6,11-12H,7-10H2,1-2H3. The third kappa shape index (κ3) is 2.90. The van der Waals surface area contributed by atoms with Crippen LogP contribution in [0.1, 0.15) is 0 Å². The Bertz CT molecular complexity index is 610. The second-order valence-electron chi connectivity index (χ2n) is 5.07. The molecule has 3 rings (SSSR count). The van der Waals surface area contributed by atoms with Crippen molar-refractivity contribution in [3.63, 3.8) is 0 Å². The Labute approximate surface area is 130 Å². The lowest BCUT2D eigenvalue weighted by molar-refractivity contribution is 0.410. The number of nitrogens with zero attached hydrogens (tertiary/aromatic N) is 4. The number of ether oxygens (including phenoxy) is 2. The van der Waals surface area contributed by atoms with Crippen LogP contribution in [-0.4, -0.2) is 50.4 Å². The van der Waals surface area contributed by atoms with Crippen LogP contribution in [0.2, 0.25) is 0 Å². The molecule has 22 heavy (non-hydrogen) atoms. The van der Waals surface area contributed by atoms with Gasteiger partial charge in [0.1, 0.15) is 5.75 Å². The third-order valence-electron chi connectivity index (χ3n) is 3.84. The lowest BCUT2D eigenvalue weighted by Crippen LogP contribution is -2.47. The number of anilines is 2. The molecular weight excluding hydrogens is 280 g/mol. The summed E-state index contributed by atoms with van der Waals surface area (Å²) >= 11 is 0. The summed E-state index contributed by atoms with van der Waals surface area (Å²) in [6.07, 6.45) is 3.41. The van der Waals surface area contributed by atoms with Gasteiger partial charge in [0, 0.05) is 26.2 Å². The molecule has 0 radical (unpaired) electrons. The fourth-order valence-corrected chi connectivity index (χ4v) is 2.62. The molecule has 1 aromatic carbocycles. The molecular formula is C16H20N4O2. The highest BCUT2D eigenvalue weighted by atomic mass is 16.5. The molecule has 0 atom stereocenters. The Morgan fingerprint density at radius 1 is 0.864 bits per heavy atom. The van der Waals surface area contributed by atoms with Crippen molar-refractivity contribution < 1.29 is 9.47 Å². The van der Waals surface area contributed by atoms with Gasteiger partial charge < -0.3 is 19.3 Å². The van der Waals surface area contributed by atoms with Crippen molar-refractivity contribution in [1.82, 2.24) is 9.97 Å². The van der Waals surface area contributed by atoms with Crippen molar-refractivity contribution in [2.75, 3.05) is 50.2 Å². The summed E-state index contributed by atoms with van der Waals surface area (Å²) in [4.78, 5) is 13.2. The van der Waals surface area contributed by atoms with Gasteiger partial charge in [-0.05, 0) is 12.1 Å². The van der Waals surface area contributed by atoms with Gasteiger partial charge in [-0.1, -0.05) is 12.1 Å². The first-order valence-corrected chi connectivity index (χ1v) is 7.31. The normalized spacial score (nSPS) is 14.8. The van der Waals surface area contributed by atoms with Crippen LogP contribution in [0.5, 0.6) is 11.5 Å². The van der Waals surface area contributed by atoms with E-state index < -0.39 is 0 Å². The number of methoxy groups -OCH3 is 2. The second kappa shape index (κ2) is 6.51. The molecule has 1 aromatic heterocycles. The summed E-state index contributed by atoms with van der Waals surface area (Å²) in [5, 5.41) is 0. The Morgan fingerprint density at radius 2 is 1.50 bits per heavy atom. The number of aromatic nitrogens is 2. The van der Waals surface area contributed by atoms with Gasteiger partial charge in [0.05, 0.1) is 32.3 Å². The molecule has 116 valence electrons. The summed E-state index contributed by atoms with van der Waals surface area (Å²) in [6, 6.07) is 8.12. The van der Waals surface area contributed by atoms with Crippen LogP contribution in [0, 0.1) is 0 Å². The highest BCUT2D eigenvalue weighted by Gasteiger charge is 2.21. The zero-order valence-electron chi connectivity index (χ0n) is 12.9. The van der Waals surface area contributed by atoms with Crippen LogP contribution in [0.3, 0.4) is 0 Å². The van der Waals surface area contributed by atoms with Crippen molar-refractivity contribution in [1.29, 1.82) is 0 Å². The van der Waals surface area contributed by atoms with Gasteiger partial charge in [0.25, 0.3) is 0 Å². The lowest BCUT2D eigenvalue weighted by atomic mass is 10.2. The molecule has 1 fully saturated rings. The van der Waals surface area contributed by atoms with E-state index in [4.69, 9.17) is 9.47 Å². The fourth-order valence-electron chi connectivity index (χ4n) is 2.62. The molecule has 1 saturated heterocycles. The van der Waals surface area contributed by atoms with Crippen molar-refractivity contribution in [3.05, 3.63) is 36.7 Å². The van der Waals surface area contributed by atoms with E-state index in [-0.39, 0.29) is 0 Å². The van der Waals surface area contributed by atoms with Crippen molar-refractivity contribution in [2.24, 2.45) is 0 Å². The molecule has 0 aliphatic carbocycles. The molecule has 1 aliphatic rings. The fraction of sp³-hybridized carbons (Fsp3) is 0.375. The first-order valence-electron chi connectivity index (χ1n) is 7.31. The van der Waals surface area contributed by atoms with E-state index in [1.54, 1.807) is 26.6 Å². The Hall–Kier alpha value is -2.50. The third-order valence-corrected chi connectivity index (χ3v) is 3.84. The minimum absolute atomic E-state index is 0.677. The number of hydrogen-bond acceptors (Lipinski definition) is 6. The molecule has 0 bridgehead atoms. The molecule has 0 saturated carbocycles. The minimum Gasteiger partial charge on any atom is -0.495 e. The van der Waals surface area contributed by atoms with Gasteiger partial charge in [-0.2, -0.15) is 0 Å². The van der Waals surface area contributed by atoms with Gasteiger partial charge in [-0.15, -0.1) is 0 Å². The summed E-state index contributed by atoms with van der Waals surface area (Å²) in [7, 11) is 3.32. The average molecular weight is 300 g/mol. The number of para-hydroxylation sites is 2. The van der Waals surface area contributed by atoms with E-state index in [2.05, 4.69) is 25.8 Å². The zero-order valence-corrected chi connectivity index (χ0v) is 12.9. The monoisotopic (exact) mass is 300 g/mol. The van der Waals surface area contributed by atoms with Crippen LogP contribution in [-0.2, 0) is 0 Å². The van der Waals surface area contributed by atoms with E-state index in [0.717, 1.165) is 43.6 Å². The van der Waals surface area contributed by atoms with E-state index in [9.17, 15) is 0 Å². The Morgan fingerprint density at radius 3 is 2.14 bits per heavy atom. The van der Waals surface area contributed by atoms with E-state index in [1.807, 2.05) is 18.2 Å². The maximum Gasteiger partial charge on any atom is 0.225 e. The van der Waals surface area contributed by atoms with Crippen LogP contribution in [0.4, 0.5) is 11.6 Å². The van der Waals surface area contributed by atoms with Gasteiger partial charge in [-0.3, -0.25) is 0 Å². The van der Waals surface area contributed by atoms with Gasteiger partial charge in [0.15, 0.2) is 5.75 Å². The predicted molar refractivity (Wildman–Crippen MR) is 86.0 cm³/mol. The highest BCUT2D eigenvalue weighted by Crippen LogP contribution is 2.28. The largest absolute Gasteiger partial charge is 0.495 e. The van der Waals surface area contributed by atoms with Crippen molar-refractivity contribution >= 4 is 11.6 Å². The van der Waals surface area contributed by atoms with Gasteiger partial charge in [-0.25, -0.2) is 9.97 Å². The van der Waals surface area contributed by atoms with E-state index >= 15 is 0 Å². The molecule has 0 unspecified atom stereocenters. The van der Waals surface area contributed by atoms with E-state index in [0.29, 0.717) is 5.75 Å². The molecule has 6 heteroatoms. The summed E-state index contributed by atoms with van der Waals surface area (Å²) in [5.74, 6) is 2.34. The second-order valence-corrected chi connectivity index (χ2v) is 5.07. The van der Waals surface area contributed by atoms with Crippen LogP contribution in [0.25, 0.3) is 0 Å². The summed E-state index contributed by atoms with van der Waals surface area (Å²) < 4.78 is 10.5. The van der Waals surface area contributed by atoms with Gasteiger partial charge >= 0.3 is 0 Å². The molecule has 1 aliphatic heterocycles. The SMILES string of the molecule is COc1cnc(N2CCN(c3ccccc3OC)CC2)nc1. The van der Waals surface area contributed by atoms with Crippen molar-refractivity contribution in [2.45, 2.75) is 0 Å². The van der Waals surface area contributed by atoms with E-state index in [1.165, 1.54) is 0 Å². The number of rotatable bonds is 4. The quantitative estimate of drug-likeness (QED) is 0.858.